The molecule has 0 spiro atoms. The van der Waals surface area contributed by atoms with Gasteiger partial charge in [0.2, 0.25) is 0 Å². The number of hydrogen-bond acceptors (Lipinski definition) is 3. The van der Waals surface area contributed by atoms with Gasteiger partial charge < -0.3 is 10.4 Å². The lowest BCUT2D eigenvalue weighted by Crippen LogP contribution is -2.40. The summed E-state index contributed by atoms with van der Waals surface area (Å²) in [6, 6.07) is 8.47. The normalized spacial score (nSPS) is 25.8. The van der Waals surface area contributed by atoms with Crippen LogP contribution in [0.4, 0.5) is 0 Å². The molecule has 2 aliphatic rings. The summed E-state index contributed by atoms with van der Waals surface area (Å²) in [6.45, 7) is 4.43. The second-order valence-electron chi connectivity index (χ2n) is 5.95. The monoisotopic (exact) mass is 260 g/mol. The molecule has 1 atom stereocenters. The van der Waals surface area contributed by atoms with E-state index >= 15 is 0 Å². The number of rotatable bonds is 3. The maximum absolute atomic E-state index is 9.83. The number of hydrogen-bond donors (Lipinski definition) is 2. The van der Waals surface area contributed by atoms with Crippen LogP contribution in [0.5, 0.6) is 5.75 Å². The van der Waals surface area contributed by atoms with Crippen molar-refractivity contribution >= 4 is 0 Å². The highest BCUT2D eigenvalue weighted by Gasteiger charge is 2.28. The molecule has 2 fully saturated rings. The number of phenols is 1. The van der Waals surface area contributed by atoms with Gasteiger partial charge in [0, 0.05) is 18.2 Å². The van der Waals surface area contributed by atoms with E-state index in [9.17, 15) is 5.11 Å². The fourth-order valence-corrected chi connectivity index (χ4v) is 3.51. The van der Waals surface area contributed by atoms with Crippen LogP contribution in [0.25, 0.3) is 0 Å². The smallest absolute Gasteiger partial charge is 0.120 e. The molecule has 2 N–H and O–H groups in total. The molecule has 3 nitrogen and oxygen atoms in total. The van der Waals surface area contributed by atoms with Gasteiger partial charge in [0.05, 0.1) is 0 Å². The molecule has 2 heterocycles. The third-order valence-electron chi connectivity index (χ3n) is 4.69. The molecule has 3 heteroatoms. The molecule has 0 aromatic heterocycles. The van der Waals surface area contributed by atoms with Crippen molar-refractivity contribution in [3.05, 3.63) is 29.8 Å². The van der Waals surface area contributed by atoms with Gasteiger partial charge in [0.15, 0.2) is 0 Å². The predicted octanol–water partition coefficient (Wildman–Crippen LogP) is 2.36. The van der Waals surface area contributed by atoms with Gasteiger partial charge >= 0.3 is 0 Å². The first-order chi connectivity index (χ1) is 9.33. The van der Waals surface area contributed by atoms with E-state index in [1.807, 2.05) is 18.2 Å². The van der Waals surface area contributed by atoms with Gasteiger partial charge in [-0.1, -0.05) is 18.2 Å². The van der Waals surface area contributed by atoms with Gasteiger partial charge in [0.25, 0.3) is 0 Å². The minimum Gasteiger partial charge on any atom is -0.508 e. The third-order valence-corrected chi connectivity index (χ3v) is 4.69. The summed E-state index contributed by atoms with van der Waals surface area (Å²) in [5.41, 5.74) is 1.06. The highest BCUT2D eigenvalue weighted by molar-refractivity contribution is 5.31. The number of likely N-dealkylation sites (tertiary alicyclic amines) is 1. The van der Waals surface area contributed by atoms with Gasteiger partial charge in [-0.05, 0) is 57.3 Å². The van der Waals surface area contributed by atoms with Crippen LogP contribution in [0.15, 0.2) is 24.3 Å². The van der Waals surface area contributed by atoms with E-state index in [0.717, 1.165) is 37.2 Å². The second kappa shape index (κ2) is 5.93. The topological polar surface area (TPSA) is 35.5 Å². The van der Waals surface area contributed by atoms with Crippen molar-refractivity contribution < 1.29 is 5.11 Å². The predicted molar refractivity (Wildman–Crippen MR) is 77.1 cm³/mol. The van der Waals surface area contributed by atoms with E-state index < -0.39 is 0 Å². The maximum atomic E-state index is 9.83. The summed E-state index contributed by atoms with van der Waals surface area (Å²) in [7, 11) is 0. The fourth-order valence-electron chi connectivity index (χ4n) is 3.51. The third kappa shape index (κ3) is 3.10. The van der Waals surface area contributed by atoms with Crippen LogP contribution in [-0.2, 0) is 6.54 Å². The Labute approximate surface area is 115 Å². The van der Waals surface area contributed by atoms with Crippen LogP contribution < -0.4 is 5.32 Å². The van der Waals surface area contributed by atoms with Gasteiger partial charge in [-0.2, -0.15) is 0 Å². The summed E-state index contributed by atoms with van der Waals surface area (Å²) in [4.78, 5) is 2.47. The molecule has 0 bridgehead atoms. The van der Waals surface area contributed by atoms with Crippen molar-refractivity contribution in [3.8, 4) is 5.75 Å². The lowest BCUT2D eigenvalue weighted by atomic mass is 9.88. The number of benzene rings is 1. The minimum absolute atomic E-state index is 0.432. The van der Waals surface area contributed by atoms with Gasteiger partial charge in [-0.3, -0.25) is 4.90 Å². The van der Waals surface area contributed by atoms with Crippen LogP contribution in [-0.4, -0.2) is 35.7 Å². The Kier molecular flexibility index (Phi) is 4.04. The zero-order valence-electron chi connectivity index (χ0n) is 11.5. The highest BCUT2D eigenvalue weighted by atomic mass is 16.3. The number of nitrogens with zero attached hydrogens (tertiary/aromatic N) is 1. The van der Waals surface area contributed by atoms with E-state index in [2.05, 4.69) is 10.2 Å². The van der Waals surface area contributed by atoms with E-state index in [-0.39, 0.29) is 0 Å². The number of para-hydroxylation sites is 1. The first kappa shape index (κ1) is 12.9. The first-order valence-electron chi connectivity index (χ1n) is 7.55. The molecule has 104 valence electrons. The van der Waals surface area contributed by atoms with Crippen molar-refractivity contribution in [1.82, 2.24) is 10.2 Å². The number of piperidine rings is 1. The SMILES string of the molecule is Oc1ccccc1CN1CCC(C2CCCN2)CC1. The number of phenolic OH excluding ortho intramolecular Hbond substituents is 1. The van der Waals surface area contributed by atoms with Crippen molar-refractivity contribution in [1.29, 1.82) is 0 Å². The summed E-state index contributed by atoms with van der Waals surface area (Å²) < 4.78 is 0. The zero-order valence-corrected chi connectivity index (χ0v) is 11.5. The van der Waals surface area contributed by atoms with Crippen molar-refractivity contribution in [2.45, 2.75) is 38.3 Å². The van der Waals surface area contributed by atoms with Crippen molar-refractivity contribution in [3.63, 3.8) is 0 Å². The van der Waals surface area contributed by atoms with Crippen LogP contribution in [0.1, 0.15) is 31.2 Å². The lowest BCUT2D eigenvalue weighted by Gasteiger charge is -2.35. The Morgan fingerprint density at radius 1 is 1.16 bits per heavy atom. The molecule has 0 aliphatic carbocycles. The van der Waals surface area contributed by atoms with Gasteiger partial charge in [-0.15, -0.1) is 0 Å². The Bertz CT molecular complexity index is 407. The Hall–Kier alpha value is -1.06. The quantitative estimate of drug-likeness (QED) is 0.876. The molecule has 1 unspecified atom stereocenters. The first-order valence-corrected chi connectivity index (χ1v) is 7.55. The molecule has 2 saturated heterocycles. The zero-order chi connectivity index (χ0) is 13.1. The Morgan fingerprint density at radius 3 is 2.63 bits per heavy atom. The molecule has 1 aromatic rings. The molecule has 0 saturated carbocycles. The summed E-state index contributed by atoms with van der Waals surface area (Å²) >= 11 is 0. The van der Waals surface area contributed by atoms with E-state index in [1.54, 1.807) is 6.07 Å². The van der Waals surface area contributed by atoms with Crippen LogP contribution in [0.3, 0.4) is 0 Å². The average molecular weight is 260 g/mol. The van der Waals surface area contributed by atoms with Crippen LogP contribution in [0, 0.1) is 5.92 Å². The lowest BCUT2D eigenvalue weighted by molar-refractivity contribution is 0.156. The summed E-state index contributed by atoms with van der Waals surface area (Å²) in [6.07, 6.45) is 5.31. The summed E-state index contributed by atoms with van der Waals surface area (Å²) in [5, 5.41) is 13.5. The molecule has 3 rings (SSSR count). The van der Waals surface area contributed by atoms with Gasteiger partial charge in [0.1, 0.15) is 5.75 Å². The molecular formula is C16H24N2O. The molecule has 19 heavy (non-hydrogen) atoms. The molecule has 0 amide bonds. The number of nitrogens with one attached hydrogen (secondary N) is 1. The van der Waals surface area contributed by atoms with Gasteiger partial charge in [-0.25, -0.2) is 0 Å². The Morgan fingerprint density at radius 2 is 1.95 bits per heavy atom. The standard InChI is InChI=1S/C16H24N2O/c19-16-6-2-1-4-14(16)12-18-10-7-13(8-11-18)15-5-3-9-17-15/h1-2,4,6,13,15,17,19H,3,5,7-12H2. The Balaban J connectivity index is 1.51. The number of aromatic hydroxyl groups is 1. The largest absolute Gasteiger partial charge is 0.508 e. The molecule has 0 radical (unpaired) electrons. The second-order valence-corrected chi connectivity index (χ2v) is 5.95. The highest BCUT2D eigenvalue weighted by Crippen LogP contribution is 2.27. The van der Waals surface area contributed by atoms with Crippen molar-refractivity contribution in [2.24, 2.45) is 5.92 Å². The summed E-state index contributed by atoms with van der Waals surface area (Å²) in [5.74, 6) is 1.30. The molecule has 2 aliphatic heterocycles. The fraction of sp³-hybridized carbons (Fsp3) is 0.625. The van der Waals surface area contributed by atoms with Crippen LogP contribution >= 0.6 is 0 Å². The van der Waals surface area contributed by atoms with E-state index in [1.165, 1.54) is 32.2 Å². The molecule has 1 aromatic carbocycles. The minimum atomic E-state index is 0.432. The maximum Gasteiger partial charge on any atom is 0.120 e. The van der Waals surface area contributed by atoms with E-state index in [0.29, 0.717) is 5.75 Å². The van der Waals surface area contributed by atoms with Crippen molar-refractivity contribution in [2.75, 3.05) is 19.6 Å². The molecular weight excluding hydrogens is 236 g/mol. The van der Waals surface area contributed by atoms with Crippen LogP contribution in [0.2, 0.25) is 0 Å². The average Bonchev–Trinajstić information content (AvgIpc) is 2.96. The van der Waals surface area contributed by atoms with E-state index in [4.69, 9.17) is 0 Å².